The van der Waals surface area contributed by atoms with Crippen molar-refractivity contribution in [1.29, 1.82) is 0 Å². The van der Waals surface area contributed by atoms with Crippen LogP contribution in [-0.2, 0) is 4.79 Å². The molecule has 1 amide bonds. The molecule has 0 aliphatic rings. The minimum atomic E-state index is -0.274. The zero-order valence-electron chi connectivity index (χ0n) is 16.3. The maximum atomic E-state index is 13.0. The van der Waals surface area contributed by atoms with Crippen molar-refractivity contribution in [1.82, 2.24) is 24.9 Å². The summed E-state index contributed by atoms with van der Waals surface area (Å²) < 4.78 is 1.90. The van der Waals surface area contributed by atoms with Crippen LogP contribution in [0.5, 0.6) is 0 Å². The van der Waals surface area contributed by atoms with Crippen LogP contribution in [-0.4, -0.2) is 30.7 Å². The largest absolute Gasteiger partial charge is 0.349 e. The van der Waals surface area contributed by atoms with Crippen LogP contribution >= 0.6 is 11.8 Å². The molecule has 2 aromatic heterocycles. The molecular weight excluding hydrogens is 358 g/mol. The Kier molecular flexibility index (Phi) is 5.79. The summed E-state index contributed by atoms with van der Waals surface area (Å²) in [5, 5.41) is 12.1. The monoisotopic (exact) mass is 383 g/mol. The van der Waals surface area contributed by atoms with Crippen molar-refractivity contribution in [2.45, 2.75) is 51.1 Å². The van der Waals surface area contributed by atoms with Crippen LogP contribution in [0.3, 0.4) is 0 Å². The fraction of sp³-hybridized carbons (Fsp3) is 0.400. The van der Waals surface area contributed by atoms with Gasteiger partial charge in [0.2, 0.25) is 5.91 Å². The molecule has 2 atom stereocenters. The minimum absolute atomic E-state index is 0.000766. The number of nitrogens with zero attached hydrogens (tertiary/aromatic N) is 4. The highest BCUT2D eigenvalue weighted by molar-refractivity contribution is 8.00. The Morgan fingerprint density at radius 1 is 1.11 bits per heavy atom. The average Bonchev–Trinajstić information content (AvgIpc) is 3.02. The summed E-state index contributed by atoms with van der Waals surface area (Å²) >= 11 is 1.44. The third-order valence-electron chi connectivity index (χ3n) is 4.41. The molecule has 2 unspecified atom stereocenters. The van der Waals surface area contributed by atoms with E-state index in [2.05, 4.69) is 20.5 Å². The molecule has 0 fully saturated rings. The molecule has 1 N–H and O–H groups in total. The van der Waals surface area contributed by atoms with Crippen LogP contribution in [0.25, 0.3) is 5.65 Å². The quantitative estimate of drug-likeness (QED) is 0.657. The second-order valence-corrected chi connectivity index (χ2v) is 8.15. The molecule has 0 saturated heterocycles. The van der Waals surface area contributed by atoms with Gasteiger partial charge in [-0.3, -0.25) is 9.20 Å². The van der Waals surface area contributed by atoms with E-state index in [9.17, 15) is 4.79 Å². The van der Waals surface area contributed by atoms with Crippen LogP contribution in [0.15, 0.2) is 41.6 Å². The van der Waals surface area contributed by atoms with Gasteiger partial charge in [-0.2, -0.15) is 0 Å². The first-order chi connectivity index (χ1) is 12.9. The Labute approximate surface area is 163 Å². The van der Waals surface area contributed by atoms with E-state index in [1.807, 2.05) is 75.4 Å². The molecule has 142 valence electrons. The van der Waals surface area contributed by atoms with E-state index < -0.39 is 0 Å². The molecular formula is C20H25N5OS. The van der Waals surface area contributed by atoms with E-state index in [4.69, 9.17) is 0 Å². The van der Waals surface area contributed by atoms with E-state index in [1.165, 1.54) is 11.8 Å². The van der Waals surface area contributed by atoms with Gasteiger partial charge in [0.1, 0.15) is 5.82 Å². The molecule has 1 aromatic carbocycles. The molecule has 6 nitrogen and oxygen atoms in total. The van der Waals surface area contributed by atoms with Gasteiger partial charge in [-0.05, 0) is 32.3 Å². The highest BCUT2D eigenvalue weighted by atomic mass is 32.2. The Morgan fingerprint density at radius 2 is 1.81 bits per heavy atom. The van der Waals surface area contributed by atoms with E-state index in [0.717, 1.165) is 22.7 Å². The molecule has 2 heterocycles. The first-order valence-corrected chi connectivity index (χ1v) is 9.96. The van der Waals surface area contributed by atoms with Crippen molar-refractivity contribution in [3.63, 3.8) is 0 Å². The lowest BCUT2D eigenvalue weighted by atomic mass is 10.1. The Balaban J connectivity index is 1.81. The lowest BCUT2D eigenvalue weighted by Gasteiger charge is -2.22. The fourth-order valence-electron chi connectivity index (χ4n) is 3.01. The summed E-state index contributed by atoms with van der Waals surface area (Å²) in [4.78, 5) is 17.5. The van der Waals surface area contributed by atoms with Crippen molar-refractivity contribution >= 4 is 23.3 Å². The number of thioether (sulfide) groups is 1. The number of amides is 1. The van der Waals surface area contributed by atoms with Crippen molar-refractivity contribution < 1.29 is 4.79 Å². The van der Waals surface area contributed by atoms with Gasteiger partial charge in [0.05, 0.1) is 11.3 Å². The fourth-order valence-corrected chi connectivity index (χ4v) is 4.10. The molecule has 7 heteroatoms. The predicted octanol–water partition coefficient (Wildman–Crippen LogP) is 3.74. The standard InChI is InChI=1S/C20H25N5OS/c1-12(2)18(19(26)22-14(4)16-9-7-6-8-10-16)27-20-24-23-17-11-13(3)21-15(5)25(17)20/h6-12,14,18H,1-5H3,(H,22,26). The Morgan fingerprint density at radius 3 is 2.48 bits per heavy atom. The lowest BCUT2D eigenvalue weighted by molar-refractivity contribution is -0.121. The third-order valence-corrected chi connectivity index (χ3v) is 5.90. The summed E-state index contributed by atoms with van der Waals surface area (Å²) in [5.41, 5.74) is 2.74. The second kappa shape index (κ2) is 8.08. The predicted molar refractivity (Wildman–Crippen MR) is 108 cm³/mol. The summed E-state index contributed by atoms with van der Waals surface area (Å²) in [6, 6.07) is 11.8. The molecule has 0 aliphatic carbocycles. The molecule has 3 aromatic rings. The number of aromatic nitrogens is 4. The molecule has 0 spiro atoms. The van der Waals surface area contributed by atoms with Gasteiger partial charge in [-0.25, -0.2) is 4.98 Å². The van der Waals surface area contributed by atoms with Crippen LogP contribution in [0.4, 0.5) is 0 Å². The van der Waals surface area contributed by atoms with Gasteiger partial charge in [0, 0.05) is 11.8 Å². The molecule has 27 heavy (non-hydrogen) atoms. The lowest BCUT2D eigenvalue weighted by Crippen LogP contribution is -2.37. The number of fused-ring (bicyclic) bond motifs is 1. The van der Waals surface area contributed by atoms with Crippen molar-refractivity contribution in [2.75, 3.05) is 0 Å². The highest BCUT2D eigenvalue weighted by Crippen LogP contribution is 2.29. The molecule has 0 aliphatic heterocycles. The second-order valence-electron chi connectivity index (χ2n) is 7.04. The van der Waals surface area contributed by atoms with Gasteiger partial charge in [0.15, 0.2) is 10.8 Å². The molecule has 3 rings (SSSR count). The van der Waals surface area contributed by atoms with Crippen LogP contribution in [0, 0.1) is 19.8 Å². The maximum absolute atomic E-state index is 13.0. The van der Waals surface area contributed by atoms with Crippen LogP contribution in [0.2, 0.25) is 0 Å². The number of nitrogens with one attached hydrogen (secondary N) is 1. The minimum Gasteiger partial charge on any atom is -0.349 e. The number of benzene rings is 1. The smallest absolute Gasteiger partial charge is 0.234 e. The third kappa shape index (κ3) is 4.30. The number of aryl methyl sites for hydroxylation is 2. The Bertz CT molecular complexity index is 938. The number of rotatable bonds is 6. The van der Waals surface area contributed by atoms with E-state index in [1.54, 1.807) is 0 Å². The summed E-state index contributed by atoms with van der Waals surface area (Å²) in [7, 11) is 0. The Hall–Kier alpha value is -2.41. The van der Waals surface area contributed by atoms with Gasteiger partial charge in [-0.15, -0.1) is 10.2 Å². The molecule has 0 radical (unpaired) electrons. The van der Waals surface area contributed by atoms with E-state index in [0.29, 0.717) is 5.16 Å². The van der Waals surface area contributed by atoms with Crippen LogP contribution in [0.1, 0.15) is 43.9 Å². The van der Waals surface area contributed by atoms with Crippen LogP contribution < -0.4 is 5.32 Å². The van der Waals surface area contributed by atoms with Gasteiger partial charge in [0.25, 0.3) is 0 Å². The van der Waals surface area contributed by atoms with E-state index in [-0.39, 0.29) is 23.1 Å². The maximum Gasteiger partial charge on any atom is 0.234 e. The van der Waals surface area contributed by atoms with Gasteiger partial charge < -0.3 is 5.32 Å². The number of hydrogen-bond donors (Lipinski definition) is 1. The summed E-state index contributed by atoms with van der Waals surface area (Å²) in [6.45, 7) is 9.95. The topological polar surface area (TPSA) is 72.2 Å². The van der Waals surface area contributed by atoms with Crippen molar-refractivity contribution in [3.05, 3.63) is 53.5 Å². The molecule has 0 saturated carbocycles. The number of carbonyl (C=O) groups is 1. The first-order valence-electron chi connectivity index (χ1n) is 9.08. The zero-order chi connectivity index (χ0) is 19.6. The number of hydrogen-bond acceptors (Lipinski definition) is 5. The van der Waals surface area contributed by atoms with Crippen molar-refractivity contribution in [2.24, 2.45) is 5.92 Å². The molecule has 0 bridgehead atoms. The normalized spacial score (nSPS) is 13.7. The zero-order valence-corrected chi connectivity index (χ0v) is 17.1. The SMILES string of the molecule is Cc1cc2nnc(SC(C(=O)NC(C)c3ccccc3)C(C)C)n2c(C)n1. The summed E-state index contributed by atoms with van der Waals surface area (Å²) in [5.74, 6) is 0.961. The van der Waals surface area contributed by atoms with Gasteiger partial charge in [-0.1, -0.05) is 55.9 Å². The van der Waals surface area contributed by atoms with E-state index >= 15 is 0 Å². The van der Waals surface area contributed by atoms with Gasteiger partial charge >= 0.3 is 0 Å². The first kappa shape index (κ1) is 19.4. The number of carbonyl (C=O) groups excluding carboxylic acids is 1. The highest BCUT2D eigenvalue weighted by Gasteiger charge is 2.27. The van der Waals surface area contributed by atoms with Crippen molar-refractivity contribution in [3.8, 4) is 0 Å². The average molecular weight is 384 g/mol. The summed E-state index contributed by atoms with van der Waals surface area (Å²) in [6.07, 6.45) is 0.